The molecule has 0 saturated heterocycles. The molecule has 0 aliphatic heterocycles. The van der Waals surface area contributed by atoms with Gasteiger partial charge in [0.2, 0.25) is 0 Å². The SMILES string of the molecule is Cc1noc(C)c1COc1c(I)cc(I)cc1C(=O)O. The van der Waals surface area contributed by atoms with Crippen molar-refractivity contribution >= 4 is 51.2 Å². The first-order chi connectivity index (χ1) is 9.40. The van der Waals surface area contributed by atoms with Gasteiger partial charge in [0.05, 0.1) is 14.8 Å². The highest BCUT2D eigenvalue weighted by Crippen LogP contribution is 2.29. The lowest BCUT2D eigenvalue weighted by molar-refractivity contribution is 0.0691. The zero-order valence-corrected chi connectivity index (χ0v) is 15.1. The monoisotopic (exact) mass is 499 g/mol. The number of carboxylic acids is 1. The third kappa shape index (κ3) is 3.25. The molecule has 0 fully saturated rings. The molecule has 0 spiro atoms. The third-order valence-corrected chi connectivity index (χ3v) is 4.20. The van der Waals surface area contributed by atoms with Crippen LogP contribution in [0, 0.1) is 21.0 Å². The molecule has 20 heavy (non-hydrogen) atoms. The van der Waals surface area contributed by atoms with Crippen molar-refractivity contribution in [2.75, 3.05) is 0 Å². The predicted molar refractivity (Wildman–Crippen MR) is 89.1 cm³/mol. The van der Waals surface area contributed by atoms with Crippen LogP contribution < -0.4 is 4.74 Å². The molecular weight excluding hydrogens is 488 g/mol. The number of aromatic carboxylic acids is 1. The van der Waals surface area contributed by atoms with Crippen LogP contribution in [0.25, 0.3) is 0 Å². The number of carbonyl (C=O) groups is 1. The maximum absolute atomic E-state index is 11.3. The van der Waals surface area contributed by atoms with E-state index in [0.29, 0.717) is 11.5 Å². The van der Waals surface area contributed by atoms with Gasteiger partial charge in [-0.2, -0.15) is 0 Å². The van der Waals surface area contributed by atoms with Crippen molar-refractivity contribution in [3.05, 3.63) is 41.9 Å². The molecule has 0 unspecified atom stereocenters. The van der Waals surface area contributed by atoms with Gasteiger partial charge >= 0.3 is 5.97 Å². The highest BCUT2D eigenvalue weighted by molar-refractivity contribution is 14.1. The van der Waals surface area contributed by atoms with E-state index in [-0.39, 0.29) is 12.2 Å². The molecule has 106 valence electrons. The summed E-state index contributed by atoms with van der Waals surface area (Å²) in [6.45, 7) is 3.86. The van der Waals surface area contributed by atoms with Gasteiger partial charge in [-0.15, -0.1) is 0 Å². The molecule has 5 nitrogen and oxygen atoms in total. The number of carboxylic acid groups (broad SMARTS) is 1. The Labute approximate surface area is 143 Å². The molecule has 1 heterocycles. The number of benzene rings is 1. The minimum Gasteiger partial charge on any atom is -0.487 e. The molecule has 0 saturated carbocycles. The lowest BCUT2D eigenvalue weighted by Crippen LogP contribution is -2.06. The molecule has 0 aliphatic rings. The maximum Gasteiger partial charge on any atom is 0.339 e. The van der Waals surface area contributed by atoms with Gasteiger partial charge in [-0.3, -0.25) is 0 Å². The van der Waals surface area contributed by atoms with Crippen LogP contribution >= 0.6 is 45.2 Å². The summed E-state index contributed by atoms with van der Waals surface area (Å²) in [6, 6.07) is 3.46. The molecule has 0 amide bonds. The van der Waals surface area contributed by atoms with Crippen LogP contribution in [0.1, 0.15) is 27.4 Å². The number of hydrogen-bond acceptors (Lipinski definition) is 4. The van der Waals surface area contributed by atoms with E-state index in [9.17, 15) is 9.90 Å². The Balaban J connectivity index is 2.32. The Hall–Kier alpha value is -0.840. The van der Waals surface area contributed by atoms with Gasteiger partial charge in [-0.05, 0) is 71.2 Å². The highest BCUT2D eigenvalue weighted by atomic mass is 127. The van der Waals surface area contributed by atoms with Gasteiger partial charge in [0.1, 0.15) is 23.7 Å². The van der Waals surface area contributed by atoms with Gasteiger partial charge in [-0.1, -0.05) is 5.16 Å². The van der Waals surface area contributed by atoms with Gasteiger partial charge in [0.15, 0.2) is 0 Å². The van der Waals surface area contributed by atoms with E-state index < -0.39 is 5.97 Å². The second kappa shape index (κ2) is 6.29. The zero-order valence-electron chi connectivity index (χ0n) is 10.7. The molecular formula is C13H11I2NO4. The molecule has 2 aromatic rings. The van der Waals surface area contributed by atoms with E-state index in [2.05, 4.69) is 50.3 Å². The Morgan fingerprint density at radius 1 is 1.40 bits per heavy atom. The Bertz CT molecular complexity index is 647. The molecule has 0 aliphatic carbocycles. The largest absolute Gasteiger partial charge is 0.487 e. The number of hydrogen-bond donors (Lipinski definition) is 1. The number of rotatable bonds is 4. The number of ether oxygens (including phenoxy) is 1. The average molecular weight is 499 g/mol. The summed E-state index contributed by atoms with van der Waals surface area (Å²) in [6.07, 6.45) is 0. The molecule has 0 bridgehead atoms. The second-order valence-electron chi connectivity index (χ2n) is 4.16. The van der Waals surface area contributed by atoms with Gasteiger partial charge in [-0.25, -0.2) is 4.79 Å². The van der Waals surface area contributed by atoms with Crippen LogP contribution in [0.5, 0.6) is 5.75 Å². The Morgan fingerprint density at radius 2 is 2.10 bits per heavy atom. The predicted octanol–water partition coefficient (Wildman–Crippen LogP) is 3.78. The number of nitrogens with zero attached hydrogens (tertiary/aromatic N) is 1. The fourth-order valence-corrected chi connectivity index (χ4v) is 3.72. The fourth-order valence-electron chi connectivity index (χ4n) is 1.72. The highest BCUT2D eigenvalue weighted by Gasteiger charge is 2.18. The summed E-state index contributed by atoms with van der Waals surface area (Å²) >= 11 is 4.15. The van der Waals surface area contributed by atoms with Crippen LogP contribution in [0.4, 0.5) is 0 Å². The van der Waals surface area contributed by atoms with Crippen molar-refractivity contribution in [2.45, 2.75) is 20.5 Å². The van der Waals surface area contributed by atoms with Crippen LogP contribution in [-0.4, -0.2) is 16.2 Å². The minimum atomic E-state index is -1.00. The quantitative estimate of drug-likeness (QED) is 0.649. The number of halogens is 2. The van der Waals surface area contributed by atoms with E-state index >= 15 is 0 Å². The van der Waals surface area contributed by atoms with Crippen LogP contribution in [0.3, 0.4) is 0 Å². The van der Waals surface area contributed by atoms with E-state index in [1.165, 1.54) is 0 Å². The molecule has 0 radical (unpaired) electrons. The summed E-state index contributed by atoms with van der Waals surface area (Å²) in [5.74, 6) is 0.0496. The molecule has 0 atom stereocenters. The maximum atomic E-state index is 11.3. The van der Waals surface area contributed by atoms with Crippen molar-refractivity contribution in [3.8, 4) is 5.75 Å². The van der Waals surface area contributed by atoms with E-state index in [1.54, 1.807) is 13.0 Å². The Morgan fingerprint density at radius 3 is 2.65 bits per heavy atom. The van der Waals surface area contributed by atoms with E-state index in [0.717, 1.165) is 18.4 Å². The van der Waals surface area contributed by atoms with Crippen molar-refractivity contribution in [1.82, 2.24) is 5.16 Å². The first kappa shape index (κ1) is 15.5. The first-order valence-electron chi connectivity index (χ1n) is 5.67. The smallest absolute Gasteiger partial charge is 0.339 e. The molecule has 1 aromatic heterocycles. The summed E-state index contributed by atoms with van der Waals surface area (Å²) < 4.78 is 12.4. The zero-order chi connectivity index (χ0) is 14.9. The normalized spacial score (nSPS) is 10.6. The Kier molecular flexibility index (Phi) is 4.89. The number of aromatic nitrogens is 1. The standard InChI is InChI=1S/C13H11I2NO4/c1-6-10(7(2)20-16-6)5-19-12-9(13(17)18)3-8(14)4-11(12)15/h3-4H,5H2,1-2H3,(H,17,18). The first-order valence-corrected chi connectivity index (χ1v) is 7.82. The van der Waals surface area contributed by atoms with Crippen LogP contribution in [-0.2, 0) is 6.61 Å². The fraction of sp³-hybridized carbons (Fsp3) is 0.231. The topological polar surface area (TPSA) is 72.6 Å². The lowest BCUT2D eigenvalue weighted by atomic mass is 10.2. The van der Waals surface area contributed by atoms with Crippen molar-refractivity contribution < 1.29 is 19.2 Å². The summed E-state index contributed by atoms with van der Waals surface area (Å²) in [4.78, 5) is 11.3. The van der Waals surface area contributed by atoms with Crippen LogP contribution in [0.15, 0.2) is 16.7 Å². The molecule has 1 aromatic carbocycles. The summed E-state index contributed by atoms with van der Waals surface area (Å²) in [5, 5.41) is 13.1. The minimum absolute atomic E-state index is 0.160. The summed E-state index contributed by atoms with van der Waals surface area (Å²) in [7, 11) is 0. The number of aryl methyl sites for hydroxylation is 2. The average Bonchev–Trinajstić information content (AvgIpc) is 2.67. The third-order valence-electron chi connectivity index (χ3n) is 2.78. The molecule has 1 N–H and O–H groups in total. The van der Waals surface area contributed by atoms with Crippen molar-refractivity contribution in [1.29, 1.82) is 0 Å². The van der Waals surface area contributed by atoms with Gasteiger partial charge < -0.3 is 14.4 Å². The van der Waals surface area contributed by atoms with Crippen molar-refractivity contribution in [2.24, 2.45) is 0 Å². The van der Waals surface area contributed by atoms with E-state index in [4.69, 9.17) is 9.26 Å². The van der Waals surface area contributed by atoms with Gasteiger partial charge in [0, 0.05) is 3.57 Å². The van der Waals surface area contributed by atoms with Gasteiger partial charge in [0.25, 0.3) is 0 Å². The molecule has 2 rings (SSSR count). The summed E-state index contributed by atoms with van der Waals surface area (Å²) in [5.41, 5.74) is 1.75. The van der Waals surface area contributed by atoms with Crippen LogP contribution in [0.2, 0.25) is 0 Å². The van der Waals surface area contributed by atoms with E-state index in [1.807, 2.05) is 13.0 Å². The van der Waals surface area contributed by atoms with Crippen molar-refractivity contribution in [3.63, 3.8) is 0 Å². The lowest BCUT2D eigenvalue weighted by Gasteiger charge is -2.11. The molecule has 7 heteroatoms. The second-order valence-corrected chi connectivity index (χ2v) is 6.57.